The molecule has 232 valence electrons. The van der Waals surface area contributed by atoms with Gasteiger partial charge in [-0.25, -0.2) is 0 Å². The van der Waals surface area contributed by atoms with Crippen LogP contribution in [0.4, 0.5) is 0 Å². The fraction of sp³-hybridized carbons (Fsp3) is 0.909. The van der Waals surface area contributed by atoms with E-state index in [1.54, 1.807) is 0 Å². The first-order valence-electron chi connectivity index (χ1n) is 16.3. The molecule has 2 aliphatic heterocycles. The lowest BCUT2D eigenvalue weighted by Crippen LogP contribution is -2.37. The normalized spacial score (nSPS) is 30.5. The van der Waals surface area contributed by atoms with Crippen LogP contribution in [0.1, 0.15) is 124 Å². The van der Waals surface area contributed by atoms with Gasteiger partial charge in [-0.05, 0) is 69.1 Å². The fourth-order valence-electron chi connectivity index (χ4n) is 6.49. The molecule has 1 N–H and O–H groups in total. The highest BCUT2D eigenvalue weighted by Gasteiger charge is 2.43. The SMILES string of the molecule is CCCCC(C)(C)[C@@H](C=C[C@@H]1[C@@H](CCCCCCC(=O)OC)[C@@H](O)C[C@H]1OC1CCCCO1)OC1CCCCO1. The van der Waals surface area contributed by atoms with Crippen molar-refractivity contribution < 1.29 is 33.6 Å². The van der Waals surface area contributed by atoms with Crippen LogP contribution in [-0.2, 0) is 28.5 Å². The second-order valence-electron chi connectivity index (χ2n) is 12.9. The Labute approximate surface area is 243 Å². The van der Waals surface area contributed by atoms with Crippen molar-refractivity contribution in [1.82, 2.24) is 0 Å². The minimum absolute atomic E-state index is 0.0253. The second kappa shape index (κ2) is 17.8. The van der Waals surface area contributed by atoms with Crippen LogP contribution in [0.2, 0.25) is 0 Å². The van der Waals surface area contributed by atoms with E-state index >= 15 is 0 Å². The van der Waals surface area contributed by atoms with Crippen molar-refractivity contribution in [2.24, 2.45) is 17.3 Å². The molecular formula is C33H58O7. The lowest BCUT2D eigenvalue weighted by molar-refractivity contribution is -0.198. The highest BCUT2D eigenvalue weighted by Crippen LogP contribution is 2.41. The van der Waals surface area contributed by atoms with Crippen LogP contribution in [0.25, 0.3) is 0 Å². The lowest BCUT2D eigenvalue weighted by Gasteiger charge is -2.36. The summed E-state index contributed by atoms with van der Waals surface area (Å²) in [7, 11) is 1.44. The number of esters is 1. The summed E-state index contributed by atoms with van der Waals surface area (Å²) in [6, 6.07) is 0. The highest BCUT2D eigenvalue weighted by molar-refractivity contribution is 5.68. The van der Waals surface area contributed by atoms with Crippen molar-refractivity contribution in [2.45, 2.75) is 154 Å². The Morgan fingerprint density at radius 1 is 1.00 bits per heavy atom. The molecule has 1 aliphatic carbocycles. The van der Waals surface area contributed by atoms with E-state index in [2.05, 4.69) is 32.9 Å². The summed E-state index contributed by atoms with van der Waals surface area (Å²) in [5, 5.41) is 11.2. The number of methoxy groups -OCH3 is 1. The molecule has 1 saturated carbocycles. The molecule has 0 aromatic carbocycles. The molecular weight excluding hydrogens is 508 g/mol. The van der Waals surface area contributed by atoms with Crippen LogP contribution in [0.5, 0.6) is 0 Å². The van der Waals surface area contributed by atoms with Gasteiger partial charge in [-0.2, -0.15) is 0 Å². The van der Waals surface area contributed by atoms with E-state index in [1.807, 2.05) is 0 Å². The number of carbonyl (C=O) groups excluding carboxylic acids is 1. The molecule has 0 bridgehead atoms. The summed E-state index contributed by atoms with van der Waals surface area (Å²) < 4.78 is 29.8. The molecule has 0 radical (unpaired) electrons. The molecule has 2 heterocycles. The quantitative estimate of drug-likeness (QED) is 0.114. The predicted octanol–water partition coefficient (Wildman–Crippen LogP) is 7.09. The maximum atomic E-state index is 11.4. The molecule has 2 unspecified atom stereocenters. The van der Waals surface area contributed by atoms with Crippen molar-refractivity contribution >= 4 is 5.97 Å². The van der Waals surface area contributed by atoms with E-state index in [0.29, 0.717) is 12.8 Å². The Bertz CT molecular complexity index is 726. The Kier molecular flexibility index (Phi) is 15.0. The smallest absolute Gasteiger partial charge is 0.305 e. The Morgan fingerprint density at radius 2 is 1.70 bits per heavy atom. The minimum atomic E-state index is -0.396. The number of carbonyl (C=O) groups is 1. The summed E-state index contributed by atoms with van der Waals surface area (Å²) in [5.41, 5.74) is -0.0253. The van der Waals surface area contributed by atoms with Gasteiger partial charge < -0.3 is 28.8 Å². The molecule has 7 atom stereocenters. The number of ether oxygens (including phenoxy) is 5. The third kappa shape index (κ3) is 11.0. The fourth-order valence-corrected chi connectivity index (χ4v) is 6.49. The van der Waals surface area contributed by atoms with Crippen LogP contribution in [0.3, 0.4) is 0 Å². The zero-order chi connectivity index (χ0) is 28.8. The molecule has 0 amide bonds. The van der Waals surface area contributed by atoms with Crippen molar-refractivity contribution in [2.75, 3.05) is 20.3 Å². The zero-order valence-electron chi connectivity index (χ0n) is 25.8. The topological polar surface area (TPSA) is 83.5 Å². The molecule has 3 rings (SSSR count). The molecule has 0 aromatic rings. The molecule has 3 fully saturated rings. The molecule has 0 aromatic heterocycles. The molecule has 7 nitrogen and oxygen atoms in total. The maximum absolute atomic E-state index is 11.4. The summed E-state index contributed by atoms with van der Waals surface area (Å²) in [6.45, 7) is 8.36. The van der Waals surface area contributed by atoms with E-state index in [9.17, 15) is 9.90 Å². The Balaban J connectivity index is 1.70. The molecule has 3 aliphatic rings. The van der Waals surface area contributed by atoms with Gasteiger partial charge in [0.05, 0.1) is 25.4 Å². The maximum Gasteiger partial charge on any atom is 0.305 e. The van der Waals surface area contributed by atoms with Crippen LogP contribution in [-0.4, -0.2) is 62.3 Å². The van der Waals surface area contributed by atoms with Gasteiger partial charge in [0, 0.05) is 32.0 Å². The van der Waals surface area contributed by atoms with Gasteiger partial charge >= 0.3 is 5.97 Å². The van der Waals surface area contributed by atoms with Gasteiger partial charge in [0.1, 0.15) is 0 Å². The van der Waals surface area contributed by atoms with Gasteiger partial charge in [-0.1, -0.05) is 65.0 Å². The van der Waals surface area contributed by atoms with Crippen LogP contribution in [0, 0.1) is 17.3 Å². The first-order valence-corrected chi connectivity index (χ1v) is 16.3. The first kappa shape index (κ1) is 33.5. The van der Waals surface area contributed by atoms with E-state index in [4.69, 9.17) is 23.7 Å². The predicted molar refractivity (Wildman–Crippen MR) is 157 cm³/mol. The standard InChI is InChI=1S/C33H58O7/c1-5-6-21-33(2,3)29(40-32-18-12-14-23-38-32)20-19-26-25(15-9-7-8-10-16-30(35)36-4)27(34)24-28(26)39-31-17-11-13-22-37-31/h19-20,25-29,31-32,34H,5-18,21-24H2,1-4H3/t25-,26-,27+,28-,29-,31?,32?/m1/s1. The van der Waals surface area contributed by atoms with Crippen molar-refractivity contribution in [3.8, 4) is 0 Å². The van der Waals surface area contributed by atoms with E-state index in [-0.39, 0.29) is 48.0 Å². The number of unbranched alkanes of at least 4 members (excludes halogenated alkanes) is 4. The van der Waals surface area contributed by atoms with E-state index in [1.165, 1.54) is 7.11 Å². The molecule has 7 heteroatoms. The molecule has 40 heavy (non-hydrogen) atoms. The van der Waals surface area contributed by atoms with Crippen molar-refractivity contribution in [1.29, 1.82) is 0 Å². The largest absolute Gasteiger partial charge is 0.469 e. The Hall–Kier alpha value is -0.990. The Morgan fingerprint density at radius 3 is 2.35 bits per heavy atom. The van der Waals surface area contributed by atoms with Gasteiger partial charge in [-0.15, -0.1) is 0 Å². The summed E-state index contributed by atoms with van der Waals surface area (Å²) in [5.74, 6) is 0.102. The number of aliphatic hydroxyl groups is 1. The number of hydrogen-bond acceptors (Lipinski definition) is 7. The summed E-state index contributed by atoms with van der Waals surface area (Å²) >= 11 is 0. The number of aliphatic hydroxyl groups excluding tert-OH is 1. The van der Waals surface area contributed by atoms with Gasteiger partial charge in [0.15, 0.2) is 12.6 Å². The third-order valence-corrected chi connectivity index (χ3v) is 9.14. The number of rotatable bonds is 17. The van der Waals surface area contributed by atoms with Gasteiger partial charge in [0.2, 0.25) is 0 Å². The van der Waals surface area contributed by atoms with E-state index in [0.717, 1.165) is 103 Å². The van der Waals surface area contributed by atoms with Crippen molar-refractivity contribution in [3.63, 3.8) is 0 Å². The summed E-state index contributed by atoms with van der Waals surface area (Å²) in [4.78, 5) is 11.4. The van der Waals surface area contributed by atoms with Gasteiger partial charge in [-0.3, -0.25) is 4.79 Å². The number of hydrogen-bond donors (Lipinski definition) is 1. The first-order chi connectivity index (χ1) is 19.3. The minimum Gasteiger partial charge on any atom is -0.469 e. The van der Waals surface area contributed by atoms with Crippen LogP contribution in [0.15, 0.2) is 12.2 Å². The zero-order valence-corrected chi connectivity index (χ0v) is 25.8. The third-order valence-electron chi connectivity index (χ3n) is 9.14. The van der Waals surface area contributed by atoms with Crippen molar-refractivity contribution in [3.05, 3.63) is 12.2 Å². The highest BCUT2D eigenvalue weighted by atomic mass is 16.7. The summed E-state index contributed by atoms with van der Waals surface area (Å²) in [6.07, 6.45) is 19.4. The van der Waals surface area contributed by atoms with E-state index < -0.39 is 6.10 Å². The average Bonchev–Trinajstić information content (AvgIpc) is 3.25. The lowest BCUT2D eigenvalue weighted by atomic mass is 9.80. The van der Waals surface area contributed by atoms with Gasteiger partial charge in [0.25, 0.3) is 0 Å². The molecule has 0 spiro atoms. The van der Waals surface area contributed by atoms with Crippen LogP contribution < -0.4 is 0 Å². The average molecular weight is 567 g/mol. The molecule has 2 saturated heterocycles. The van der Waals surface area contributed by atoms with Crippen LogP contribution >= 0.6 is 0 Å². The monoisotopic (exact) mass is 566 g/mol. The second-order valence-corrected chi connectivity index (χ2v) is 12.9.